The van der Waals surface area contributed by atoms with Crippen molar-refractivity contribution in [1.82, 2.24) is 15.1 Å². The number of fused-ring (bicyclic) bond motifs is 1. The number of amides is 2. The SMILES string of the molecule is CCN(CC)C(=O)C1=C(C)N=C2SC=C(CC(=O)NCC(C)C)N2C1c1cccc(C)c1. The first-order valence-corrected chi connectivity index (χ1v) is 12.2. The number of thioether (sulfide) groups is 1. The summed E-state index contributed by atoms with van der Waals surface area (Å²) in [6, 6.07) is 7.94. The fourth-order valence-electron chi connectivity index (χ4n) is 4.02. The number of nitrogens with one attached hydrogen (secondary N) is 1. The number of hydrogen-bond donors (Lipinski definition) is 1. The maximum atomic E-state index is 13.6. The number of aryl methyl sites for hydroxylation is 1. The van der Waals surface area contributed by atoms with Crippen LogP contribution in [0.2, 0.25) is 0 Å². The maximum absolute atomic E-state index is 13.6. The van der Waals surface area contributed by atoms with E-state index in [0.29, 0.717) is 31.1 Å². The van der Waals surface area contributed by atoms with Crippen LogP contribution >= 0.6 is 11.8 Å². The normalized spacial score (nSPS) is 17.8. The van der Waals surface area contributed by atoms with Gasteiger partial charge in [-0.1, -0.05) is 55.4 Å². The maximum Gasteiger partial charge on any atom is 0.254 e. The van der Waals surface area contributed by atoms with Gasteiger partial charge in [-0.05, 0) is 44.6 Å². The molecule has 0 bridgehead atoms. The van der Waals surface area contributed by atoms with Gasteiger partial charge < -0.3 is 15.1 Å². The van der Waals surface area contributed by atoms with Crippen molar-refractivity contribution >= 4 is 28.7 Å². The number of nitrogens with zero attached hydrogens (tertiary/aromatic N) is 3. The average molecular weight is 455 g/mol. The Labute approximate surface area is 195 Å². The van der Waals surface area contributed by atoms with E-state index >= 15 is 0 Å². The van der Waals surface area contributed by atoms with Gasteiger partial charge in [0.1, 0.15) is 0 Å². The van der Waals surface area contributed by atoms with Gasteiger partial charge in [0.15, 0.2) is 5.17 Å². The van der Waals surface area contributed by atoms with Gasteiger partial charge in [0.25, 0.3) is 5.91 Å². The lowest BCUT2D eigenvalue weighted by Gasteiger charge is -2.38. The van der Waals surface area contributed by atoms with Crippen molar-refractivity contribution < 1.29 is 9.59 Å². The first kappa shape index (κ1) is 24.1. The number of hydrogen-bond acceptors (Lipinski definition) is 5. The summed E-state index contributed by atoms with van der Waals surface area (Å²) in [6.45, 7) is 14.0. The van der Waals surface area contributed by atoms with Crippen LogP contribution in [-0.2, 0) is 9.59 Å². The van der Waals surface area contributed by atoms with E-state index in [1.165, 1.54) is 11.8 Å². The monoisotopic (exact) mass is 454 g/mol. The van der Waals surface area contributed by atoms with Gasteiger partial charge in [-0.2, -0.15) is 0 Å². The first-order chi connectivity index (χ1) is 15.3. The molecule has 2 heterocycles. The van der Waals surface area contributed by atoms with Crippen LogP contribution in [-0.4, -0.2) is 46.4 Å². The van der Waals surface area contributed by atoms with Crippen LogP contribution < -0.4 is 5.32 Å². The predicted octanol–water partition coefficient (Wildman–Crippen LogP) is 4.60. The van der Waals surface area contributed by atoms with Crippen LogP contribution in [0.25, 0.3) is 0 Å². The molecule has 0 radical (unpaired) electrons. The molecule has 172 valence electrons. The molecule has 1 atom stereocenters. The van der Waals surface area contributed by atoms with Crippen LogP contribution in [0.3, 0.4) is 0 Å². The largest absolute Gasteiger partial charge is 0.356 e. The Hall–Kier alpha value is -2.54. The first-order valence-electron chi connectivity index (χ1n) is 11.3. The average Bonchev–Trinajstić information content (AvgIpc) is 3.13. The Kier molecular flexibility index (Phi) is 7.82. The van der Waals surface area contributed by atoms with Gasteiger partial charge in [-0.3, -0.25) is 9.59 Å². The molecule has 1 unspecified atom stereocenters. The van der Waals surface area contributed by atoms with E-state index in [-0.39, 0.29) is 24.3 Å². The fourth-order valence-corrected chi connectivity index (χ4v) is 4.99. The van der Waals surface area contributed by atoms with Gasteiger partial charge in [-0.15, -0.1) is 0 Å². The highest BCUT2D eigenvalue weighted by Crippen LogP contribution is 2.45. The summed E-state index contributed by atoms with van der Waals surface area (Å²) in [7, 11) is 0. The zero-order valence-electron chi connectivity index (χ0n) is 19.9. The molecule has 3 rings (SSSR count). The van der Waals surface area contributed by atoms with Crippen LogP contribution in [0.5, 0.6) is 0 Å². The van der Waals surface area contributed by atoms with E-state index in [0.717, 1.165) is 27.7 Å². The summed E-state index contributed by atoms with van der Waals surface area (Å²) in [5.74, 6) is 0.377. The summed E-state index contributed by atoms with van der Waals surface area (Å²) in [5.41, 5.74) is 4.46. The van der Waals surface area contributed by atoms with Crippen LogP contribution in [0.1, 0.15) is 58.2 Å². The van der Waals surface area contributed by atoms with Gasteiger partial charge in [-0.25, -0.2) is 4.99 Å². The topological polar surface area (TPSA) is 65.0 Å². The minimum absolute atomic E-state index is 0.00214. The minimum Gasteiger partial charge on any atom is -0.356 e. The van der Waals surface area contributed by atoms with Crippen molar-refractivity contribution in [3.8, 4) is 0 Å². The van der Waals surface area contributed by atoms with E-state index in [1.54, 1.807) is 0 Å². The lowest BCUT2D eigenvalue weighted by molar-refractivity contribution is -0.127. The second-order valence-electron chi connectivity index (χ2n) is 8.66. The molecule has 7 heteroatoms. The smallest absolute Gasteiger partial charge is 0.254 e. The molecule has 6 nitrogen and oxygen atoms in total. The number of likely N-dealkylation sites (N-methyl/N-ethyl adjacent to an activating group) is 1. The van der Waals surface area contributed by atoms with Gasteiger partial charge in [0.05, 0.1) is 23.7 Å². The lowest BCUT2D eigenvalue weighted by atomic mass is 9.92. The molecule has 1 aromatic carbocycles. The molecular formula is C25H34N4O2S. The number of rotatable bonds is 8. The van der Waals surface area contributed by atoms with Gasteiger partial charge in [0.2, 0.25) is 5.91 Å². The van der Waals surface area contributed by atoms with E-state index in [4.69, 9.17) is 4.99 Å². The standard InChI is InChI=1S/C25H34N4O2S/c1-7-28(8-2)24(31)22-18(6)27-25-29(23(22)19-11-9-10-17(5)12-19)20(15-32-25)13-21(30)26-14-16(3)4/h9-12,15-16,23H,7-8,13-14H2,1-6H3,(H,26,30). The van der Waals surface area contributed by atoms with Gasteiger partial charge >= 0.3 is 0 Å². The van der Waals surface area contributed by atoms with Crippen molar-refractivity contribution in [2.24, 2.45) is 10.9 Å². The highest BCUT2D eigenvalue weighted by Gasteiger charge is 2.41. The van der Waals surface area contributed by atoms with Crippen molar-refractivity contribution in [2.45, 2.75) is 54.0 Å². The lowest BCUT2D eigenvalue weighted by Crippen LogP contribution is -2.42. The molecule has 2 aliphatic rings. The predicted molar refractivity (Wildman–Crippen MR) is 132 cm³/mol. The number of amidine groups is 1. The fraction of sp³-hybridized carbons (Fsp3) is 0.480. The molecule has 0 saturated heterocycles. The third-order valence-electron chi connectivity index (χ3n) is 5.69. The van der Waals surface area contributed by atoms with Crippen LogP contribution in [0, 0.1) is 12.8 Å². The zero-order chi connectivity index (χ0) is 23.4. The van der Waals surface area contributed by atoms with E-state index in [9.17, 15) is 9.59 Å². The Morgan fingerprint density at radius 1 is 1.22 bits per heavy atom. The van der Waals surface area contributed by atoms with Crippen LogP contribution in [0.4, 0.5) is 0 Å². The van der Waals surface area contributed by atoms with Crippen molar-refractivity contribution in [1.29, 1.82) is 0 Å². The summed E-state index contributed by atoms with van der Waals surface area (Å²) in [5, 5.41) is 5.82. The number of carbonyl (C=O) groups excluding carboxylic acids is 2. The molecule has 0 aromatic heterocycles. The Bertz CT molecular complexity index is 976. The Morgan fingerprint density at radius 3 is 2.56 bits per heavy atom. The van der Waals surface area contributed by atoms with E-state index in [2.05, 4.69) is 49.2 Å². The Morgan fingerprint density at radius 2 is 1.94 bits per heavy atom. The van der Waals surface area contributed by atoms with Crippen molar-refractivity contribution in [3.05, 3.63) is 57.8 Å². The summed E-state index contributed by atoms with van der Waals surface area (Å²) in [6.07, 6.45) is 0.257. The number of benzene rings is 1. The van der Waals surface area contributed by atoms with Crippen molar-refractivity contribution in [3.63, 3.8) is 0 Å². The summed E-state index contributed by atoms with van der Waals surface area (Å²) >= 11 is 1.52. The molecule has 0 aliphatic carbocycles. The molecular weight excluding hydrogens is 420 g/mol. The number of allylic oxidation sites excluding steroid dienone is 1. The molecule has 32 heavy (non-hydrogen) atoms. The molecule has 0 spiro atoms. The van der Waals surface area contributed by atoms with E-state index < -0.39 is 0 Å². The van der Waals surface area contributed by atoms with Gasteiger partial charge in [0, 0.05) is 25.3 Å². The Balaban J connectivity index is 2.02. The molecule has 0 fully saturated rings. The second-order valence-corrected chi connectivity index (χ2v) is 9.50. The number of carbonyl (C=O) groups is 2. The quantitative estimate of drug-likeness (QED) is 0.623. The highest BCUT2D eigenvalue weighted by molar-refractivity contribution is 8.16. The number of aliphatic imine (C=N–C) groups is 1. The summed E-state index contributed by atoms with van der Waals surface area (Å²) < 4.78 is 0. The highest BCUT2D eigenvalue weighted by atomic mass is 32.2. The van der Waals surface area contributed by atoms with Crippen LogP contribution in [0.15, 0.2) is 51.6 Å². The molecule has 1 N–H and O–H groups in total. The molecule has 0 saturated carbocycles. The third-order valence-corrected chi connectivity index (χ3v) is 6.58. The summed E-state index contributed by atoms with van der Waals surface area (Å²) in [4.78, 5) is 34.9. The molecule has 2 amide bonds. The van der Waals surface area contributed by atoms with E-state index in [1.807, 2.05) is 37.1 Å². The zero-order valence-corrected chi connectivity index (χ0v) is 20.8. The minimum atomic E-state index is -0.311. The molecule has 1 aromatic rings. The second kappa shape index (κ2) is 10.4. The third kappa shape index (κ3) is 5.09. The molecule has 2 aliphatic heterocycles. The van der Waals surface area contributed by atoms with Crippen molar-refractivity contribution in [2.75, 3.05) is 19.6 Å².